The monoisotopic (exact) mass is 378 g/mol. The van der Waals surface area contributed by atoms with Crippen molar-refractivity contribution >= 4 is 27.5 Å². The van der Waals surface area contributed by atoms with Crippen LogP contribution < -0.4 is 10.6 Å². The Morgan fingerprint density at radius 1 is 1.28 bits per heavy atom. The van der Waals surface area contributed by atoms with Crippen LogP contribution in [0.1, 0.15) is 25.1 Å². The number of aromatic nitrogens is 4. The zero-order valence-corrected chi connectivity index (χ0v) is 14.5. The molecule has 0 aromatic carbocycles. The van der Waals surface area contributed by atoms with Gasteiger partial charge in [0, 0.05) is 12.7 Å². The second-order valence-electron chi connectivity index (χ2n) is 5.01. The minimum Gasteiger partial charge on any atom is -0.370 e. The highest BCUT2D eigenvalue weighted by Crippen LogP contribution is 2.34. The molecule has 0 unspecified atom stereocenters. The third kappa shape index (κ3) is 4.18. The summed E-state index contributed by atoms with van der Waals surface area (Å²) in [5.74, 6) is -0.617. The van der Waals surface area contributed by atoms with Crippen molar-refractivity contribution in [1.82, 2.24) is 19.2 Å². The summed E-state index contributed by atoms with van der Waals surface area (Å²) in [6.07, 6.45) is -2.70. The number of anilines is 3. The van der Waals surface area contributed by atoms with Gasteiger partial charge in [-0.25, -0.2) is 13.4 Å². The Hall–Kier alpha value is -2.37. The second kappa shape index (κ2) is 6.86. The maximum atomic E-state index is 12.9. The van der Waals surface area contributed by atoms with Gasteiger partial charge in [-0.3, -0.25) is 0 Å². The molecule has 0 aliphatic carbocycles. The van der Waals surface area contributed by atoms with E-state index in [0.717, 1.165) is 4.09 Å². The van der Waals surface area contributed by atoms with E-state index < -0.39 is 21.8 Å². The topological polar surface area (TPSA) is 102 Å². The largest absolute Gasteiger partial charge is 0.421 e. The number of alkyl halides is 3. The summed E-state index contributed by atoms with van der Waals surface area (Å²) in [7, 11) is -3.57. The van der Waals surface area contributed by atoms with Gasteiger partial charge in [0.15, 0.2) is 0 Å². The Bertz CT molecular complexity index is 863. The van der Waals surface area contributed by atoms with Crippen LogP contribution in [0.25, 0.3) is 0 Å². The molecule has 8 nitrogen and oxygen atoms in total. The van der Waals surface area contributed by atoms with E-state index in [-0.39, 0.29) is 29.8 Å². The van der Waals surface area contributed by atoms with E-state index in [4.69, 9.17) is 0 Å². The van der Waals surface area contributed by atoms with Crippen molar-refractivity contribution in [2.24, 2.45) is 0 Å². The Balaban J connectivity index is 2.37. The molecule has 0 saturated carbocycles. The molecule has 12 heteroatoms. The minimum atomic E-state index is -4.59. The lowest BCUT2D eigenvalue weighted by Crippen LogP contribution is -2.15. The highest BCUT2D eigenvalue weighted by Gasteiger charge is 2.35. The number of halogens is 3. The molecule has 0 aliphatic rings. The number of hydrogen-bond donors (Lipinski definition) is 2. The first-order valence-corrected chi connectivity index (χ1v) is 8.94. The molecule has 2 aromatic rings. The first-order valence-electron chi connectivity index (χ1n) is 7.33. The quantitative estimate of drug-likeness (QED) is 0.796. The van der Waals surface area contributed by atoms with E-state index in [2.05, 4.69) is 25.7 Å². The molecule has 2 rings (SSSR count). The SMILES string of the molecule is CCNc1nc(Nc2cn(S(=O)(=O)CC)nc2C)ncc1C(F)(F)F. The maximum Gasteiger partial charge on any atom is 0.421 e. The van der Waals surface area contributed by atoms with Crippen molar-refractivity contribution in [3.63, 3.8) is 0 Å². The maximum absolute atomic E-state index is 12.9. The molecule has 138 valence electrons. The van der Waals surface area contributed by atoms with E-state index >= 15 is 0 Å². The predicted molar refractivity (Wildman–Crippen MR) is 86.3 cm³/mol. The van der Waals surface area contributed by atoms with Crippen LogP contribution in [0.5, 0.6) is 0 Å². The predicted octanol–water partition coefficient (Wildman–Crippen LogP) is 2.37. The van der Waals surface area contributed by atoms with Gasteiger partial charge in [-0.05, 0) is 20.8 Å². The third-order valence-corrected chi connectivity index (χ3v) is 4.70. The van der Waals surface area contributed by atoms with Crippen molar-refractivity contribution in [1.29, 1.82) is 0 Å². The summed E-state index contributed by atoms with van der Waals surface area (Å²) < 4.78 is 63.3. The molecule has 25 heavy (non-hydrogen) atoms. The van der Waals surface area contributed by atoms with Crippen LogP contribution in [-0.4, -0.2) is 39.9 Å². The molecule has 0 aliphatic heterocycles. The molecule has 0 amide bonds. The number of hydrogen-bond acceptors (Lipinski definition) is 7. The van der Waals surface area contributed by atoms with Gasteiger partial charge in [0.1, 0.15) is 11.4 Å². The van der Waals surface area contributed by atoms with Crippen molar-refractivity contribution < 1.29 is 21.6 Å². The van der Waals surface area contributed by atoms with Crippen molar-refractivity contribution in [3.05, 3.63) is 23.7 Å². The third-order valence-electron chi connectivity index (χ3n) is 3.21. The zero-order valence-electron chi connectivity index (χ0n) is 13.7. The average Bonchev–Trinajstić information content (AvgIpc) is 2.88. The van der Waals surface area contributed by atoms with Gasteiger partial charge in [0.05, 0.1) is 23.3 Å². The van der Waals surface area contributed by atoms with E-state index in [1.54, 1.807) is 13.8 Å². The summed E-state index contributed by atoms with van der Waals surface area (Å²) in [6, 6.07) is 0. The molecule has 0 bridgehead atoms. The highest BCUT2D eigenvalue weighted by atomic mass is 32.2. The van der Waals surface area contributed by atoms with Crippen molar-refractivity contribution in [3.8, 4) is 0 Å². The molecule has 2 heterocycles. The van der Waals surface area contributed by atoms with Gasteiger partial charge < -0.3 is 10.6 Å². The number of rotatable bonds is 6. The molecule has 0 spiro atoms. The Kier molecular flexibility index (Phi) is 5.20. The van der Waals surface area contributed by atoms with Crippen LogP contribution in [0.3, 0.4) is 0 Å². The second-order valence-corrected chi connectivity index (χ2v) is 7.13. The lowest BCUT2D eigenvalue weighted by molar-refractivity contribution is -0.137. The minimum absolute atomic E-state index is 0.111. The molecule has 0 saturated heterocycles. The standard InChI is InChI=1S/C13H17F3N6O2S/c1-4-17-11-9(13(14,15)16)6-18-12(20-11)19-10-7-22(21-8(10)3)25(23,24)5-2/h6-7H,4-5H2,1-3H3,(H2,17,18,19,20). The molecule has 0 atom stereocenters. The van der Waals surface area contributed by atoms with Crippen LogP contribution in [-0.2, 0) is 16.2 Å². The molecule has 0 radical (unpaired) electrons. The lowest BCUT2D eigenvalue weighted by Gasteiger charge is -2.13. The molecule has 0 fully saturated rings. The number of aryl methyl sites for hydroxylation is 1. The van der Waals surface area contributed by atoms with Crippen molar-refractivity contribution in [2.45, 2.75) is 26.9 Å². The molecule has 2 N–H and O–H groups in total. The Labute approximate surface area is 142 Å². The Morgan fingerprint density at radius 2 is 1.96 bits per heavy atom. The summed E-state index contributed by atoms with van der Waals surface area (Å²) >= 11 is 0. The summed E-state index contributed by atoms with van der Waals surface area (Å²) in [6.45, 7) is 4.91. The first-order chi connectivity index (χ1) is 11.6. The van der Waals surface area contributed by atoms with E-state index in [0.29, 0.717) is 11.9 Å². The van der Waals surface area contributed by atoms with Gasteiger partial charge in [-0.15, -0.1) is 0 Å². The summed E-state index contributed by atoms with van der Waals surface area (Å²) in [5, 5.41) is 9.10. The fourth-order valence-electron chi connectivity index (χ4n) is 1.90. The van der Waals surface area contributed by atoms with Gasteiger partial charge in [-0.1, -0.05) is 0 Å². The van der Waals surface area contributed by atoms with Crippen LogP contribution in [0.15, 0.2) is 12.4 Å². The first kappa shape index (κ1) is 19.0. The lowest BCUT2D eigenvalue weighted by atomic mass is 10.3. The molecular weight excluding hydrogens is 361 g/mol. The highest BCUT2D eigenvalue weighted by molar-refractivity contribution is 7.89. The van der Waals surface area contributed by atoms with Gasteiger partial charge in [0.2, 0.25) is 5.95 Å². The molecule has 2 aromatic heterocycles. The zero-order chi connectivity index (χ0) is 18.8. The van der Waals surface area contributed by atoms with Gasteiger partial charge in [-0.2, -0.15) is 27.3 Å². The van der Waals surface area contributed by atoms with E-state index in [1.165, 1.54) is 13.1 Å². The van der Waals surface area contributed by atoms with Crippen LogP contribution in [0.4, 0.5) is 30.6 Å². The smallest absolute Gasteiger partial charge is 0.370 e. The fourth-order valence-corrected chi connectivity index (χ4v) is 2.68. The van der Waals surface area contributed by atoms with Gasteiger partial charge >= 0.3 is 6.18 Å². The number of nitrogens with zero attached hydrogens (tertiary/aromatic N) is 4. The van der Waals surface area contributed by atoms with Crippen LogP contribution in [0, 0.1) is 6.92 Å². The summed E-state index contributed by atoms with van der Waals surface area (Å²) in [4.78, 5) is 7.46. The fraction of sp³-hybridized carbons (Fsp3) is 0.462. The van der Waals surface area contributed by atoms with E-state index in [9.17, 15) is 21.6 Å². The Morgan fingerprint density at radius 3 is 2.52 bits per heavy atom. The number of nitrogens with one attached hydrogen (secondary N) is 2. The normalized spacial score (nSPS) is 12.2. The molecular formula is C13H17F3N6O2S. The van der Waals surface area contributed by atoms with Crippen LogP contribution in [0.2, 0.25) is 0 Å². The van der Waals surface area contributed by atoms with Crippen LogP contribution >= 0.6 is 0 Å². The summed E-state index contributed by atoms with van der Waals surface area (Å²) in [5.41, 5.74) is -0.370. The average molecular weight is 378 g/mol. The van der Waals surface area contributed by atoms with E-state index in [1.807, 2.05) is 0 Å². The van der Waals surface area contributed by atoms with Crippen molar-refractivity contribution in [2.75, 3.05) is 22.9 Å². The van der Waals surface area contributed by atoms with Gasteiger partial charge in [0.25, 0.3) is 10.0 Å².